The molecule has 0 saturated heterocycles. The number of amides is 1. The van der Waals surface area contributed by atoms with Gasteiger partial charge in [-0.2, -0.15) is 0 Å². The molecule has 0 aliphatic rings. The van der Waals surface area contributed by atoms with E-state index in [1.54, 1.807) is 6.07 Å². The van der Waals surface area contributed by atoms with Gasteiger partial charge in [-0.05, 0) is 38.8 Å². The van der Waals surface area contributed by atoms with Gasteiger partial charge < -0.3 is 11.1 Å². The lowest BCUT2D eigenvalue weighted by atomic mass is 10.00. The Morgan fingerprint density at radius 1 is 1.47 bits per heavy atom. The molecule has 1 amide bonds. The van der Waals surface area contributed by atoms with Gasteiger partial charge in [-0.3, -0.25) is 4.79 Å². The van der Waals surface area contributed by atoms with Crippen LogP contribution in [0.25, 0.3) is 0 Å². The highest BCUT2D eigenvalue weighted by Gasteiger charge is 2.14. The van der Waals surface area contributed by atoms with Crippen molar-refractivity contribution >= 4 is 23.2 Å². The van der Waals surface area contributed by atoms with Crippen LogP contribution < -0.4 is 11.1 Å². The molecule has 0 atom stereocenters. The summed E-state index contributed by atoms with van der Waals surface area (Å²) in [5.74, 6) is -0.0558. The molecule has 0 spiro atoms. The van der Waals surface area contributed by atoms with Crippen molar-refractivity contribution in [2.45, 2.75) is 39.2 Å². The summed E-state index contributed by atoms with van der Waals surface area (Å²) in [7, 11) is 0. The molecule has 0 bridgehead atoms. The normalized spacial score (nSPS) is 11.4. The number of hydrogen-bond donors (Lipinski definition) is 2. The van der Waals surface area contributed by atoms with Gasteiger partial charge in [0.25, 0.3) is 0 Å². The second kappa shape index (κ2) is 5.52. The topological polar surface area (TPSA) is 55.1 Å². The number of benzene rings is 1. The Hall–Kier alpha value is -1.06. The van der Waals surface area contributed by atoms with Crippen molar-refractivity contribution in [3.8, 4) is 0 Å². The van der Waals surface area contributed by atoms with E-state index in [2.05, 4.69) is 5.32 Å². The van der Waals surface area contributed by atoms with Crippen molar-refractivity contribution < 1.29 is 4.79 Å². The van der Waals surface area contributed by atoms with Crippen LogP contribution >= 0.6 is 11.6 Å². The first-order chi connectivity index (χ1) is 7.79. The van der Waals surface area contributed by atoms with Gasteiger partial charge in [0.1, 0.15) is 0 Å². The van der Waals surface area contributed by atoms with E-state index < -0.39 is 0 Å². The Morgan fingerprint density at radius 3 is 2.65 bits per heavy atom. The fourth-order valence-electron chi connectivity index (χ4n) is 1.43. The van der Waals surface area contributed by atoms with Crippen LogP contribution in [0.2, 0.25) is 5.02 Å². The zero-order chi connectivity index (χ0) is 13.1. The molecule has 1 rings (SSSR count). The van der Waals surface area contributed by atoms with E-state index in [0.29, 0.717) is 23.6 Å². The highest BCUT2D eigenvalue weighted by molar-refractivity contribution is 6.33. The molecule has 0 aromatic heterocycles. The van der Waals surface area contributed by atoms with E-state index in [-0.39, 0.29) is 11.4 Å². The van der Waals surface area contributed by atoms with E-state index in [9.17, 15) is 4.79 Å². The molecule has 0 radical (unpaired) electrons. The first-order valence-corrected chi connectivity index (χ1v) is 6.01. The summed E-state index contributed by atoms with van der Waals surface area (Å²) >= 11 is 6.02. The summed E-state index contributed by atoms with van der Waals surface area (Å²) in [6, 6.07) is 5.53. The van der Waals surface area contributed by atoms with E-state index >= 15 is 0 Å². The number of carbonyl (C=O) groups is 1. The van der Waals surface area contributed by atoms with Crippen LogP contribution in [0.3, 0.4) is 0 Å². The van der Waals surface area contributed by atoms with Crippen molar-refractivity contribution in [2.75, 3.05) is 5.32 Å². The Morgan fingerprint density at radius 2 is 2.12 bits per heavy atom. The highest BCUT2D eigenvalue weighted by atomic mass is 35.5. The third-order valence-corrected chi connectivity index (χ3v) is 2.80. The zero-order valence-electron chi connectivity index (χ0n) is 10.5. The van der Waals surface area contributed by atoms with Crippen LogP contribution in [0, 0.1) is 6.92 Å². The van der Waals surface area contributed by atoms with Crippen molar-refractivity contribution in [3.05, 3.63) is 28.8 Å². The minimum atomic E-state index is -0.327. The standard InChI is InChI=1S/C13H19ClN2O/c1-9-5-4-6-10(14)12(9)16-11(17)7-8-13(2,3)15/h4-6H,7-8,15H2,1-3H3,(H,16,17). The van der Waals surface area contributed by atoms with Crippen LogP contribution in [-0.2, 0) is 4.79 Å². The lowest BCUT2D eigenvalue weighted by Gasteiger charge is -2.18. The third kappa shape index (κ3) is 4.75. The molecule has 3 nitrogen and oxygen atoms in total. The first kappa shape index (κ1) is 14.0. The summed E-state index contributed by atoms with van der Waals surface area (Å²) in [5.41, 5.74) is 7.15. The second-order valence-electron chi connectivity index (χ2n) is 4.97. The zero-order valence-corrected chi connectivity index (χ0v) is 11.3. The maximum atomic E-state index is 11.7. The number of carbonyl (C=O) groups excluding carboxylic acids is 1. The lowest BCUT2D eigenvalue weighted by molar-refractivity contribution is -0.116. The van der Waals surface area contributed by atoms with Crippen LogP contribution in [0.5, 0.6) is 0 Å². The van der Waals surface area contributed by atoms with Crippen LogP contribution in [0.1, 0.15) is 32.3 Å². The number of nitrogens with two attached hydrogens (primary N) is 1. The fraction of sp³-hybridized carbons (Fsp3) is 0.462. The predicted molar refractivity (Wildman–Crippen MR) is 72.3 cm³/mol. The van der Waals surface area contributed by atoms with Crippen LogP contribution in [0.15, 0.2) is 18.2 Å². The molecular weight excluding hydrogens is 236 g/mol. The Kier molecular flexibility index (Phi) is 4.54. The monoisotopic (exact) mass is 254 g/mol. The summed E-state index contributed by atoms with van der Waals surface area (Å²) in [4.78, 5) is 11.7. The third-order valence-electron chi connectivity index (χ3n) is 2.48. The summed E-state index contributed by atoms with van der Waals surface area (Å²) in [5, 5.41) is 3.39. The molecule has 4 heteroatoms. The van der Waals surface area contributed by atoms with Crippen LogP contribution in [0.4, 0.5) is 5.69 Å². The van der Waals surface area contributed by atoms with Gasteiger partial charge in [0.05, 0.1) is 10.7 Å². The molecule has 0 aliphatic heterocycles. The molecule has 94 valence electrons. The number of aryl methyl sites for hydroxylation is 1. The SMILES string of the molecule is Cc1cccc(Cl)c1NC(=O)CCC(C)(C)N. The lowest BCUT2D eigenvalue weighted by Crippen LogP contribution is -2.33. The van der Waals surface area contributed by atoms with Crippen LogP contribution in [-0.4, -0.2) is 11.4 Å². The second-order valence-corrected chi connectivity index (χ2v) is 5.38. The molecular formula is C13H19ClN2O. The van der Waals surface area contributed by atoms with Gasteiger partial charge in [-0.15, -0.1) is 0 Å². The van der Waals surface area contributed by atoms with Gasteiger partial charge in [0.15, 0.2) is 0 Å². The molecule has 17 heavy (non-hydrogen) atoms. The quantitative estimate of drug-likeness (QED) is 0.868. The average molecular weight is 255 g/mol. The molecule has 0 heterocycles. The van der Waals surface area contributed by atoms with Gasteiger partial charge in [0, 0.05) is 12.0 Å². The fourth-order valence-corrected chi connectivity index (χ4v) is 1.70. The summed E-state index contributed by atoms with van der Waals surface area (Å²) in [6.45, 7) is 5.72. The number of halogens is 1. The number of nitrogens with one attached hydrogen (secondary N) is 1. The van der Waals surface area contributed by atoms with Crippen molar-refractivity contribution in [1.29, 1.82) is 0 Å². The van der Waals surface area contributed by atoms with Gasteiger partial charge in [-0.1, -0.05) is 23.7 Å². The first-order valence-electron chi connectivity index (χ1n) is 5.63. The van der Waals surface area contributed by atoms with E-state index in [1.165, 1.54) is 0 Å². The minimum absolute atomic E-state index is 0.0558. The predicted octanol–water partition coefficient (Wildman–Crippen LogP) is 3.10. The summed E-state index contributed by atoms with van der Waals surface area (Å²) in [6.07, 6.45) is 1.04. The minimum Gasteiger partial charge on any atom is -0.326 e. The molecule has 0 aliphatic carbocycles. The van der Waals surface area contributed by atoms with E-state index in [0.717, 1.165) is 5.56 Å². The van der Waals surface area contributed by atoms with Gasteiger partial charge in [0.2, 0.25) is 5.91 Å². The van der Waals surface area contributed by atoms with Crippen molar-refractivity contribution in [1.82, 2.24) is 0 Å². The number of anilines is 1. The molecule has 0 saturated carbocycles. The maximum Gasteiger partial charge on any atom is 0.224 e. The summed E-state index contributed by atoms with van der Waals surface area (Å²) < 4.78 is 0. The molecule has 0 unspecified atom stereocenters. The average Bonchev–Trinajstić information content (AvgIpc) is 2.20. The Balaban J connectivity index is 2.63. The number of para-hydroxylation sites is 1. The maximum absolute atomic E-state index is 11.7. The molecule has 3 N–H and O–H groups in total. The number of rotatable bonds is 4. The molecule has 0 fully saturated rings. The highest BCUT2D eigenvalue weighted by Crippen LogP contribution is 2.25. The van der Waals surface area contributed by atoms with Crippen molar-refractivity contribution in [3.63, 3.8) is 0 Å². The Bertz CT molecular complexity index is 390. The Labute approximate surface area is 107 Å². The van der Waals surface area contributed by atoms with E-state index in [1.807, 2.05) is 32.9 Å². The van der Waals surface area contributed by atoms with Gasteiger partial charge >= 0.3 is 0 Å². The molecule has 1 aromatic carbocycles. The molecule has 1 aromatic rings. The number of hydrogen-bond acceptors (Lipinski definition) is 2. The van der Waals surface area contributed by atoms with Gasteiger partial charge in [-0.25, -0.2) is 0 Å². The smallest absolute Gasteiger partial charge is 0.224 e. The van der Waals surface area contributed by atoms with E-state index in [4.69, 9.17) is 17.3 Å². The largest absolute Gasteiger partial charge is 0.326 e. The van der Waals surface area contributed by atoms with Crippen molar-refractivity contribution in [2.24, 2.45) is 5.73 Å².